The number of ether oxygens (including phenoxy) is 1. The summed E-state index contributed by atoms with van der Waals surface area (Å²) in [7, 11) is 0. The van der Waals surface area contributed by atoms with Gasteiger partial charge in [0, 0.05) is 12.5 Å². The van der Waals surface area contributed by atoms with Crippen LogP contribution in [-0.4, -0.2) is 19.2 Å². The summed E-state index contributed by atoms with van der Waals surface area (Å²) in [5.41, 5.74) is 0. The molecule has 1 unspecified atom stereocenters. The van der Waals surface area contributed by atoms with Crippen LogP contribution in [0.1, 0.15) is 19.8 Å². The van der Waals surface area contributed by atoms with Crippen LogP contribution in [0.25, 0.3) is 0 Å². The molecule has 1 heterocycles. The molecule has 1 saturated heterocycles. The maximum absolute atomic E-state index is 13.6. The third kappa shape index (κ3) is 2.90. The van der Waals surface area contributed by atoms with Crippen LogP contribution in [0.15, 0.2) is 18.2 Å². The van der Waals surface area contributed by atoms with E-state index in [1.165, 1.54) is 6.07 Å². The molecule has 0 bridgehead atoms. The molecular weight excluding hydrogens is 241 g/mol. The quantitative estimate of drug-likeness (QED) is 0.894. The summed E-state index contributed by atoms with van der Waals surface area (Å²) in [5, 5.41) is 3.64. The van der Waals surface area contributed by atoms with Gasteiger partial charge in [-0.2, -0.15) is 0 Å². The molecule has 17 heavy (non-hydrogen) atoms. The summed E-state index contributed by atoms with van der Waals surface area (Å²) in [6.07, 6.45) is 1.96. The fourth-order valence-corrected chi connectivity index (χ4v) is 2.46. The molecular formula is C13H17ClFNO. The van der Waals surface area contributed by atoms with Crippen LogP contribution in [0, 0.1) is 11.7 Å². The smallest absolute Gasteiger partial charge is 0.173 e. The van der Waals surface area contributed by atoms with Gasteiger partial charge in [-0.1, -0.05) is 24.6 Å². The van der Waals surface area contributed by atoms with Crippen molar-refractivity contribution < 1.29 is 9.13 Å². The van der Waals surface area contributed by atoms with Crippen LogP contribution in [0.3, 0.4) is 0 Å². The number of halogens is 2. The van der Waals surface area contributed by atoms with E-state index in [9.17, 15) is 4.39 Å². The van der Waals surface area contributed by atoms with Crippen LogP contribution in [-0.2, 0) is 0 Å². The van der Waals surface area contributed by atoms with Gasteiger partial charge in [-0.3, -0.25) is 0 Å². The molecule has 0 spiro atoms. The second-order valence-corrected chi connectivity index (χ2v) is 4.78. The van der Waals surface area contributed by atoms with Crippen molar-refractivity contribution >= 4 is 11.6 Å². The second-order valence-electron chi connectivity index (χ2n) is 4.37. The summed E-state index contributed by atoms with van der Waals surface area (Å²) in [5.74, 6) is 0.241. The molecule has 1 N–H and O–H groups in total. The van der Waals surface area contributed by atoms with Crippen LogP contribution in [0.4, 0.5) is 4.39 Å². The number of nitrogens with one attached hydrogen (secondary N) is 1. The highest BCUT2D eigenvalue weighted by Crippen LogP contribution is 2.31. The second kappa shape index (κ2) is 5.69. The van der Waals surface area contributed by atoms with Gasteiger partial charge in [0.25, 0.3) is 0 Å². The van der Waals surface area contributed by atoms with E-state index in [4.69, 9.17) is 16.3 Å². The largest absolute Gasteiger partial charge is 0.485 e. The topological polar surface area (TPSA) is 21.3 Å². The van der Waals surface area contributed by atoms with Gasteiger partial charge in [-0.15, -0.1) is 0 Å². The fourth-order valence-electron chi connectivity index (χ4n) is 2.25. The molecule has 4 heteroatoms. The number of benzene rings is 1. The lowest BCUT2D eigenvalue weighted by molar-refractivity contribution is 0.133. The Morgan fingerprint density at radius 2 is 2.41 bits per heavy atom. The first-order chi connectivity index (χ1) is 8.22. The normalized spacial score (nSPS) is 21.5. The monoisotopic (exact) mass is 257 g/mol. The van der Waals surface area contributed by atoms with Gasteiger partial charge >= 0.3 is 0 Å². The Kier molecular flexibility index (Phi) is 4.24. The summed E-state index contributed by atoms with van der Waals surface area (Å²) >= 11 is 5.96. The predicted molar refractivity (Wildman–Crippen MR) is 67.1 cm³/mol. The lowest BCUT2D eigenvalue weighted by atomic mass is 9.99. The van der Waals surface area contributed by atoms with E-state index in [0.717, 1.165) is 25.9 Å². The van der Waals surface area contributed by atoms with Crippen molar-refractivity contribution in [1.29, 1.82) is 0 Å². The molecule has 1 aromatic carbocycles. The highest BCUT2D eigenvalue weighted by molar-refractivity contribution is 6.32. The van der Waals surface area contributed by atoms with Crippen LogP contribution in [0.5, 0.6) is 5.75 Å². The van der Waals surface area contributed by atoms with Crippen molar-refractivity contribution in [2.75, 3.05) is 13.1 Å². The van der Waals surface area contributed by atoms with Gasteiger partial charge in [-0.05, 0) is 31.5 Å². The van der Waals surface area contributed by atoms with Crippen LogP contribution >= 0.6 is 11.6 Å². The molecule has 2 rings (SSSR count). The lowest BCUT2D eigenvalue weighted by Gasteiger charge is -2.23. The highest BCUT2D eigenvalue weighted by Gasteiger charge is 2.26. The lowest BCUT2D eigenvalue weighted by Crippen LogP contribution is -2.28. The minimum Gasteiger partial charge on any atom is -0.485 e. The van der Waals surface area contributed by atoms with Crippen molar-refractivity contribution in [1.82, 2.24) is 5.32 Å². The predicted octanol–water partition coefficient (Wildman–Crippen LogP) is 3.25. The Morgan fingerprint density at radius 1 is 1.59 bits per heavy atom. The molecule has 0 saturated carbocycles. The average molecular weight is 258 g/mol. The molecule has 1 aliphatic heterocycles. The van der Waals surface area contributed by atoms with Crippen LogP contribution < -0.4 is 10.1 Å². The van der Waals surface area contributed by atoms with E-state index in [0.29, 0.717) is 10.9 Å². The number of hydrogen-bond donors (Lipinski definition) is 1. The number of para-hydroxylation sites is 1. The Hall–Kier alpha value is -0.800. The van der Waals surface area contributed by atoms with Gasteiger partial charge in [0.15, 0.2) is 11.6 Å². The Balaban J connectivity index is 2.12. The average Bonchev–Trinajstić information content (AvgIpc) is 2.82. The van der Waals surface area contributed by atoms with E-state index in [2.05, 4.69) is 12.2 Å². The first kappa shape index (κ1) is 12.7. The molecule has 0 aromatic heterocycles. The van der Waals surface area contributed by atoms with E-state index >= 15 is 0 Å². The van der Waals surface area contributed by atoms with E-state index < -0.39 is 0 Å². The van der Waals surface area contributed by atoms with Crippen molar-refractivity contribution in [3.8, 4) is 5.75 Å². The number of rotatable bonds is 4. The number of hydrogen-bond acceptors (Lipinski definition) is 2. The van der Waals surface area contributed by atoms with Gasteiger partial charge in [-0.25, -0.2) is 4.39 Å². The molecule has 0 aliphatic carbocycles. The molecule has 0 amide bonds. The molecule has 1 aliphatic rings. The molecule has 1 aromatic rings. The van der Waals surface area contributed by atoms with Crippen molar-refractivity contribution in [3.05, 3.63) is 29.0 Å². The van der Waals surface area contributed by atoms with Gasteiger partial charge in [0.1, 0.15) is 6.10 Å². The standard InChI is InChI=1S/C13H17ClFNO/c1-2-12(9-6-7-16-8-9)17-13-10(14)4-3-5-11(13)15/h3-5,9,12,16H,2,6-8H2,1H3/t9?,12-/m1/s1. The summed E-state index contributed by atoms with van der Waals surface area (Å²) in [4.78, 5) is 0. The van der Waals surface area contributed by atoms with Gasteiger partial charge in [0.2, 0.25) is 0 Å². The highest BCUT2D eigenvalue weighted by atomic mass is 35.5. The zero-order chi connectivity index (χ0) is 12.3. The third-order valence-corrected chi connectivity index (χ3v) is 3.51. The maximum atomic E-state index is 13.6. The zero-order valence-electron chi connectivity index (χ0n) is 9.88. The Bertz CT molecular complexity index is 359. The maximum Gasteiger partial charge on any atom is 0.173 e. The van der Waals surface area contributed by atoms with Crippen LogP contribution in [0.2, 0.25) is 5.02 Å². The molecule has 1 fully saturated rings. The van der Waals surface area contributed by atoms with E-state index in [1.54, 1.807) is 12.1 Å². The van der Waals surface area contributed by atoms with Crippen molar-refractivity contribution in [2.24, 2.45) is 5.92 Å². The zero-order valence-corrected chi connectivity index (χ0v) is 10.6. The molecule has 2 atom stereocenters. The minimum absolute atomic E-state index is 0.0272. The van der Waals surface area contributed by atoms with Crippen molar-refractivity contribution in [2.45, 2.75) is 25.9 Å². The first-order valence-electron chi connectivity index (χ1n) is 6.03. The Morgan fingerprint density at radius 3 is 3.00 bits per heavy atom. The first-order valence-corrected chi connectivity index (χ1v) is 6.41. The summed E-state index contributed by atoms with van der Waals surface area (Å²) in [6, 6.07) is 4.61. The summed E-state index contributed by atoms with van der Waals surface area (Å²) in [6.45, 7) is 4.00. The van der Waals surface area contributed by atoms with Gasteiger partial charge < -0.3 is 10.1 Å². The molecule has 94 valence electrons. The van der Waals surface area contributed by atoms with E-state index in [1.807, 2.05) is 0 Å². The molecule has 0 radical (unpaired) electrons. The van der Waals surface area contributed by atoms with E-state index in [-0.39, 0.29) is 17.7 Å². The Labute approximate surface area is 106 Å². The summed E-state index contributed by atoms with van der Waals surface area (Å²) < 4.78 is 19.4. The van der Waals surface area contributed by atoms with Crippen molar-refractivity contribution in [3.63, 3.8) is 0 Å². The SMILES string of the molecule is CC[C@@H](Oc1c(F)cccc1Cl)C1CCNC1. The third-order valence-electron chi connectivity index (χ3n) is 3.21. The minimum atomic E-state index is -0.387. The molecule has 2 nitrogen and oxygen atoms in total. The fraction of sp³-hybridized carbons (Fsp3) is 0.538. The van der Waals surface area contributed by atoms with Gasteiger partial charge in [0.05, 0.1) is 5.02 Å².